The quantitative estimate of drug-likeness (QED) is 0.477. The van der Waals surface area contributed by atoms with Crippen LogP contribution in [0.2, 0.25) is 0 Å². The zero-order valence-electron chi connectivity index (χ0n) is 23.0. The highest BCUT2D eigenvalue weighted by molar-refractivity contribution is 5.94. The van der Waals surface area contributed by atoms with E-state index in [0.717, 1.165) is 36.9 Å². The number of carbonyl (C=O) groups excluding carboxylic acids is 2. The van der Waals surface area contributed by atoms with Crippen molar-refractivity contribution in [2.45, 2.75) is 64.3 Å². The number of hydrogen-bond acceptors (Lipinski definition) is 5. The first-order chi connectivity index (χ1) is 17.7. The van der Waals surface area contributed by atoms with Gasteiger partial charge >= 0.3 is 12.0 Å². The van der Waals surface area contributed by atoms with Gasteiger partial charge in [-0.3, -0.25) is 9.80 Å². The van der Waals surface area contributed by atoms with Crippen LogP contribution >= 0.6 is 0 Å². The van der Waals surface area contributed by atoms with Crippen molar-refractivity contribution in [2.75, 3.05) is 39.2 Å². The first-order valence-electron chi connectivity index (χ1n) is 13.5. The van der Waals surface area contributed by atoms with E-state index < -0.39 is 5.97 Å². The molecule has 2 aromatic rings. The number of esters is 1. The summed E-state index contributed by atoms with van der Waals surface area (Å²) in [6.07, 6.45) is 9.29. The number of nitrogens with one attached hydrogen (secondary N) is 1. The summed E-state index contributed by atoms with van der Waals surface area (Å²) in [7, 11) is 5.70. The number of urea groups is 1. The van der Waals surface area contributed by atoms with Crippen LogP contribution in [-0.4, -0.2) is 56.2 Å². The lowest BCUT2D eigenvalue weighted by Gasteiger charge is -2.50. The second-order valence-electron chi connectivity index (χ2n) is 11.5. The van der Waals surface area contributed by atoms with Crippen LogP contribution in [-0.2, 0) is 10.3 Å². The molecule has 2 aliphatic rings. The monoisotopic (exact) mass is 506 g/mol. The van der Waals surface area contributed by atoms with Crippen molar-refractivity contribution >= 4 is 17.7 Å². The van der Waals surface area contributed by atoms with E-state index in [1.165, 1.54) is 31.9 Å². The maximum Gasteiger partial charge on any atom is 0.356 e. The summed E-state index contributed by atoms with van der Waals surface area (Å²) in [5.74, 6) is 0.0967. The van der Waals surface area contributed by atoms with E-state index in [4.69, 9.17) is 4.74 Å². The number of amides is 2. The molecule has 0 saturated heterocycles. The lowest BCUT2D eigenvalue weighted by atomic mass is 9.65. The smallest absolute Gasteiger partial charge is 0.356 e. The van der Waals surface area contributed by atoms with Gasteiger partial charge in [-0.15, -0.1) is 0 Å². The van der Waals surface area contributed by atoms with Crippen molar-refractivity contribution in [3.63, 3.8) is 0 Å². The van der Waals surface area contributed by atoms with Gasteiger partial charge in [0.25, 0.3) is 0 Å². The van der Waals surface area contributed by atoms with E-state index in [1.54, 1.807) is 12.3 Å². The topological polar surface area (TPSA) is 74.8 Å². The molecule has 0 unspecified atom stereocenters. The minimum Gasteiger partial charge on any atom is -0.464 e. The molecule has 7 nitrogen and oxygen atoms in total. The van der Waals surface area contributed by atoms with Crippen molar-refractivity contribution in [3.8, 4) is 0 Å². The Morgan fingerprint density at radius 2 is 1.78 bits per heavy atom. The third kappa shape index (κ3) is 5.82. The van der Waals surface area contributed by atoms with E-state index in [-0.39, 0.29) is 22.7 Å². The Hall–Kier alpha value is -2.93. The zero-order chi connectivity index (χ0) is 26.6. The fourth-order valence-corrected chi connectivity index (χ4v) is 5.89. The van der Waals surface area contributed by atoms with Crippen molar-refractivity contribution in [2.24, 2.45) is 11.3 Å². The number of rotatable bonds is 8. The predicted octanol–water partition coefficient (Wildman–Crippen LogP) is 5.53. The lowest BCUT2D eigenvalue weighted by molar-refractivity contribution is 0.0458. The van der Waals surface area contributed by atoms with Crippen molar-refractivity contribution in [1.82, 2.24) is 15.2 Å². The summed E-state index contributed by atoms with van der Waals surface area (Å²) in [4.78, 5) is 34.1. The van der Waals surface area contributed by atoms with E-state index in [0.29, 0.717) is 19.0 Å². The number of aromatic nitrogens is 1. The molecular formula is C30H42N4O3. The molecule has 0 radical (unpaired) electrons. The number of hydrogen-bond donors (Lipinski definition) is 1. The summed E-state index contributed by atoms with van der Waals surface area (Å²) >= 11 is 0. The van der Waals surface area contributed by atoms with Crippen LogP contribution in [0.25, 0.3) is 0 Å². The second-order valence-corrected chi connectivity index (χ2v) is 11.5. The summed E-state index contributed by atoms with van der Waals surface area (Å²) in [5, 5.41) is 3.19. The van der Waals surface area contributed by atoms with Crippen molar-refractivity contribution < 1.29 is 14.3 Å². The molecular weight excluding hydrogens is 464 g/mol. The largest absolute Gasteiger partial charge is 0.464 e. The van der Waals surface area contributed by atoms with Crippen LogP contribution in [0.15, 0.2) is 42.6 Å². The Morgan fingerprint density at radius 1 is 1.11 bits per heavy atom. The highest BCUT2D eigenvalue weighted by atomic mass is 16.5. The van der Waals surface area contributed by atoms with Gasteiger partial charge in [-0.2, -0.15) is 0 Å². The van der Waals surface area contributed by atoms with Crippen molar-refractivity contribution in [3.05, 3.63) is 59.4 Å². The number of pyridine rings is 1. The Balaban J connectivity index is 1.56. The van der Waals surface area contributed by atoms with Gasteiger partial charge in [0.05, 0.1) is 19.0 Å². The molecule has 1 heterocycles. The van der Waals surface area contributed by atoms with Crippen LogP contribution in [0.1, 0.15) is 73.5 Å². The Kier molecular flexibility index (Phi) is 8.22. The van der Waals surface area contributed by atoms with Crippen molar-refractivity contribution in [1.29, 1.82) is 0 Å². The molecule has 2 saturated carbocycles. The molecule has 200 valence electrons. The Labute approximate surface area is 221 Å². The molecule has 0 spiro atoms. The van der Waals surface area contributed by atoms with Crippen LogP contribution < -0.4 is 10.2 Å². The maximum absolute atomic E-state index is 13.6. The third-order valence-electron chi connectivity index (χ3n) is 8.77. The van der Waals surface area contributed by atoms with Gasteiger partial charge in [0, 0.05) is 18.6 Å². The molecule has 2 aliphatic carbocycles. The SMILES string of the molecule is COC(=O)c1cc(C)c(N(CC2(C)CCC(c3ccccc3)(N(C)C)CC2)C(=O)NCC2CCC2)cn1. The second kappa shape index (κ2) is 11.2. The van der Waals surface area contributed by atoms with Gasteiger partial charge in [-0.25, -0.2) is 14.6 Å². The van der Waals surface area contributed by atoms with E-state index in [1.807, 2.05) is 11.8 Å². The Morgan fingerprint density at radius 3 is 2.32 bits per heavy atom. The fourth-order valence-electron chi connectivity index (χ4n) is 5.89. The van der Waals surface area contributed by atoms with Crippen LogP contribution in [0.3, 0.4) is 0 Å². The van der Waals surface area contributed by atoms with E-state index >= 15 is 0 Å². The predicted molar refractivity (Wildman–Crippen MR) is 147 cm³/mol. The molecule has 0 atom stereocenters. The molecule has 1 aromatic carbocycles. The van der Waals surface area contributed by atoms with Gasteiger partial charge in [0.1, 0.15) is 5.69 Å². The van der Waals surface area contributed by atoms with Gasteiger partial charge in [-0.05, 0) is 88.1 Å². The van der Waals surface area contributed by atoms with Gasteiger partial charge in [-0.1, -0.05) is 43.7 Å². The molecule has 7 heteroatoms. The number of nitrogens with zero attached hydrogens (tertiary/aromatic N) is 3. The lowest BCUT2D eigenvalue weighted by Crippen LogP contribution is -2.51. The molecule has 2 fully saturated rings. The van der Waals surface area contributed by atoms with Crippen LogP contribution in [0.4, 0.5) is 10.5 Å². The van der Waals surface area contributed by atoms with Gasteiger partial charge < -0.3 is 10.1 Å². The average molecular weight is 507 g/mol. The number of methoxy groups -OCH3 is 1. The number of anilines is 1. The van der Waals surface area contributed by atoms with Crippen LogP contribution in [0, 0.1) is 18.3 Å². The first-order valence-corrected chi connectivity index (χ1v) is 13.5. The first kappa shape index (κ1) is 27.1. The molecule has 4 rings (SSSR count). The highest BCUT2D eigenvalue weighted by Crippen LogP contribution is 2.48. The van der Waals surface area contributed by atoms with E-state index in [2.05, 4.69) is 66.6 Å². The fraction of sp³-hybridized carbons (Fsp3) is 0.567. The van der Waals surface area contributed by atoms with E-state index in [9.17, 15) is 9.59 Å². The summed E-state index contributed by atoms with van der Waals surface area (Å²) < 4.78 is 4.84. The van der Waals surface area contributed by atoms with Gasteiger partial charge in [0.2, 0.25) is 0 Å². The minimum absolute atomic E-state index is 0.00227. The molecule has 2 amide bonds. The zero-order valence-corrected chi connectivity index (χ0v) is 23.0. The number of aryl methyl sites for hydroxylation is 1. The summed E-state index contributed by atoms with van der Waals surface area (Å²) in [6.45, 7) is 5.53. The highest BCUT2D eigenvalue weighted by Gasteiger charge is 2.44. The summed E-state index contributed by atoms with van der Waals surface area (Å²) in [6, 6.07) is 12.4. The molecule has 0 aliphatic heterocycles. The molecule has 1 aromatic heterocycles. The molecule has 1 N–H and O–H groups in total. The molecule has 0 bridgehead atoms. The Bertz CT molecular complexity index is 1090. The molecule has 37 heavy (non-hydrogen) atoms. The third-order valence-corrected chi connectivity index (χ3v) is 8.77. The standard InChI is InChI=1S/C30H42N4O3/c1-22-18-25(27(35)37-5)31-20-26(22)34(28(36)32-19-23-10-9-11-23)21-29(2)14-16-30(17-15-29,33(3)4)24-12-7-6-8-13-24/h6-8,12-13,18,20,23H,9-11,14-17,19,21H2,1-5H3,(H,32,36). The van der Waals surface area contributed by atoms with Crippen LogP contribution in [0.5, 0.6) is 0 Å². The normalized spacial score (nSPS) is 23.8. The average Bonchev–Trinajstić information content (AvgIpc) is 2.87. The number of benzene rings is 1. The number of carbonyl (C=O) groups is 2. The number of ether oxygens (including phenoxy) is 1. The minimum atomic E-state index is -0.476. The van der Waals surface area contributed by atoms with Gasteiger partial charge in [0.15, 0.2) is 0 Å². The summed E-state index contributed by atoms with van der Waals surface area (Å²) in [5.41, 5.74) is 3.14. The maximum atomic E-state index is 13.6.